The summed E-state index contributed by atoms with van der Waals surface area (Å²) in [4.78, 5) is 15.0. The molecule has 0 spiro atoms. The van der Waals surface area contributed by atoms with E-state index in [2.05, 4.69) is 19.9 Å². The van der Waals surface area contributed by atoms with Gasteiger partial charge in [-0.15, -0.1) is 0 Å². The van der Waals surface area contributed by atoms with E-state index in [4.69, 9.17) is 9.84 Å². The number of fused-ring (bicyclic) bond motifs is 1. The van der Waals surface area contributed by atoms with Crippen LogP contribution in [0.3, 0.4) is 0 Å². The van der Waals surface area contributed by atoms with Gasteiger partial charge >= 0.3 is 0 Å². The minimum atomic E-state index is -1.17. The van der Waals surface area contributed by atoms with Crippen molar-refractivity contribution >= 4 is 11.2 Å². The number of rotatable bonds is 2. The largest absolute Gasteiger partial charge is 0.394 e. The van der Waals surface area contributed by atoms with E-state index in [-0.39, 0.29) is 12.4 Å². The van der Waals surface area contributed by atoms with Crippen molar-refractivity contribution in [3.05, 3.63) is 18.3 Å². The fourth-order valence-corrected chi connectivity index (χ4v) is 2.00. The van der Waals surface area contributed by atoms with Crippen LogP contribution in [-0.2, 0) is 4.74 Å². The highest BCUT2D eigenvalue weighted by Crippen LogP contribution is 2.31. The van der Waals surface area contributed by atoms with Crippen molar-refractivity contribution in [1.29, 1.82) is 0 Å². The Kier molecular flexibility index (Phi) is 2.71. The summed E-state index contributed by atoms with van der Waals surface area (Å²) in [5.41, 5.74) is 1.13. The maximum absolute atomic E-state index is 9.84. The topological polar surface area (TPSA) is 124 Å². The third-order valence-electron chi connectivity index (χ3n) is 2.99. The van der Waals surface area contributed by atoms with Gasteiger partial charge in [0.05, 0.1) is 19.1 Å². The standard InChI is InChI=1S/C10H12N4O4/c15-2-5-6(16)7(17)8(18-5)10-11-1-4-9(14-10)13-3-12-4/h1,3,5-8,15-17H,2H2,(H,11,12,13,14)/t5-,6-,7-,8?/m0/s1. The summed E-state index contributed by atoms with van der Waals surface area (Å²) >= 11 is 0. The molecule has 0 amide bonds. The first-order valence-corrected chi connectivity index (χ1v) is 5.49. The molecule has 3 rings (SSSR count). The smallest absolute Gasteiger partial charge is 0.180 e. The summed E-state index contributed by atoms with van der Waals surface area (Å²) in [7, 11) is 0. The monoisotopic (exact) mass is 252 g/mol. The molecule has 2 aromatic rings. The van der Waals surface area contributed by atoms with Crippen LogP contribution in [0.5, 0.6) is 0 Å². The number of hydrogen-bond donors (Lipinski definition) is 4. The Morgan fingerprint density at radius 1 is 1.28 bits per heavy atom. The number of H-pyrrole nitrogens is 1. The molecule has 8 heteroatoms. The molecule has 1 fully saturated rings. The van der Waals surface area contributed by atoms with Crippen LogP contribution >= 0.6 is 0 Å². The van der Waals surface area contributed by atoms with E-state index in [1.54, 1.807) is 0 Å². The number of aliphatic hydroxyl groups is 3. The van der Waals surface area contributed by atoms with E-state index < -0.39 is 24.4 Å². The molecule has 4 atom stereocenters. The van der Waals surface area contributed by atoms with Gasteiger partial charge in [0, 0.05) is 0 Å². The zero-order valence-corrected chi connectivity index (χ0v) is 9.26. The first-order chi connectivity index (χ1) is 8.70. The molecule has 1 saturated heterocycles. The third kappa shape index (κ3) is 1.66. The lowest BCUT2D eigenvalue weighted by atomic mass is 10.1. The molecule has 0 saturated carbocycles. The van der Waals surface area contributed by atoms with Crippen molar-refractivity contribution < 1.29 is 20.1 Å². The minimum absolute atomic E-state index is 0.233. The maximum Gasteiger partial charge on any atom is 0.180 e. The fraction of sp³-hybridized carbons (Fsp3) is 0.500. The second kappa shape index (κ2) is 4.25. The second-order valence-electron chi connectivity index (χ2n) is 4.13. The number of ether oxygens (including phenoxy) is 1. The molecule has 4 N–H and O–H groups in total. The van der Waals surface area contributed by atoms with Gasteiger partial charge in [-0.25, -0.2) is 15.0 Å². The van der Waals surface area contributed by atoms with Crippen molar-refractivity contribution in [3.8, 4) is 0 Å². The van der Waals surface area contributed by atoms with Gasteiger partial charge in [-0.2, -0.15) is 0 Å². The van der Waals surface area contributed by atoms with Gasteiger partial charge in [0.15, 0.2) is 11.5 Å². The molecular weight excluding hydrogens is 240 g/mol. The van der Waals surface area contributed by atoms with Crippen LogP contribution in [0.15, 0.2) is 12.5 Å². The first-order valence-electron chi connectivity index (χ1n) is 5.49. The predicted octanol–water partition coefficient (Wildman–Crippen LogP) is -1.49. The Morgan fingerprint density at radius 3 is 2.83 bits per heavy atom. The van der Waals surface area contributed by atoms with E-state index >= 15 is 0 Å². The molecular formula is C10H12N4O4. The van der Waals surface area contributed by atoms with E-state index in [1.165, 1.54) is 12.5 Å². The lowest BCUT2D eigenvalue weighted by Gasteiger charge is -2.12. The quantitative estimate of drug-likeness (QED) is 0.513. The first kappa shape index (κ1) is 11.5. The van der Waals surface area contributed by atoms with E-state index in [0.717, 1.165) is 0 Å². The molecule has 1 aliphatic rings. The number of aromatic nitrogens is 4. The van der Waals surface area contributed by atoms with Crippen LogP contribution in [-0.4, -0.2) is 60.2 Å². The maximum atomic E-state index is 9.84. The highest BCUT2D eigenvalue weighted by molar-refractivity contribution is 5.68. The van der Waals surface area contributed by atoms with E-state index in [9.17, 15) is 10.2 Å². The number of nitrogens with zero attached hydrogens (tertiary/aromatic N) is 3. The SMILES string of the molecule is OC[C@@H]1OC(c2ncc3[nH]cnc3n2)[C@@H](O)[C@H]1O. The average molecular weight is 252 g/mol. The molecule has 8 nitrogen and oxygen atoms in total. The lowest BCUT2D eigenvalue weighted by molar-refractivity contribution is -0.0252. The molecule has 96 valence electrons. The fourth-order valence-electron chi connectivity index (χ4n) is 2.00. The summed E-state index contributed by atoms with van der Waals surface area (Å²) in [6.45, 7) is -0.376. The van der Waals surface area contributed by atoms with Gasteiger partial charge in [-0.3, -0.25) is 0 Å². The Bertz CT molecular complexity index is 560. The summed E-state index contributed by atoms with van der Waals surface area (Å²) in [5, 5.41) is 28.5. The summed E-state index contributed by atoms with van der Waals surface area (Å²) in [5.74, 6) is 0.233. The number of aliphatic hydroxyl groups excluding tert-OH is 3. The highest BCUT2D eigenvalue weighted by Gasteiger charge is 2.44. The second-order valence-corrected chi connectivity index (χ2v) is 4.13. The van der Waals surface area contributed by atoms with Crippen molar-refractivity contribution in [2.45, 2.75) is 24.4 Å². The Labute approximate surface area is 101 Å². The van der Waals surface area contributed by atoms with Crippen LogP contribution in [0.2, 0.25) is 0 Å². The third-order valence-corrected chi connectivity index (χ3v) is 2.99. The minimum Gasteiger partial charge on any atom is -0.394 e. The molecule has 18 heavy (non-hydrogen) atoms. The van der Waals surface area contributed by atoms with Crippen LogP contribution in [0.1, 0.15) is 11.9 Å². The molecule has 2 aromatic heterocycles. The van der Waals surface area contributed by atoms with Gasteiger partial charge in [-0.05, 0) is 0 Å². The molecule has 0 aliphatic carbocycles. The normalized spacial score (nSPS) is 32.2. The molecule has 1 unspecified atom stereocenters. The summed E-state index contributed by atoms with van der Waals surface area (Å²) in [6, 6.07) is 0. The molecule has 1 aliphatic heterocycles. The number of hydrogen-bond acceptors (Lipinski definition) is 7. The van der Waals surface area contributed by atoms with Crippen molar-refractivity contribution in [1.82, 2.24) is 19.9 Å². The Hall–Kier alpha value is -1.61. The van der Waals surface area contributed by atoms with Crippen molar-refractivity contribution in [2.75, 3.05) is 6.61 Å². The van der Waals surface area contributed by atoms with Gasteiger partial charge in [0.25, 0.3) is 0 Å². The number of aromatic amines is 1. The van der Waals surface area contributed by atoms with E-state index in [1.807, 2.05) is 0 Å². The average Bonchev–Trinajstić information content (AvgIpc) is 2.95. The molecule has 0 bridgehead atoms. The summed E-state index contributed by atoms with van der Waals surface area (Å²) < 4.78 is 5.33. The predicted molar refractivity (Wildman–Crippen MR) is 58.4 cm³/mol. The van der Waals surface area contributed by atoms with Crippen molar-refractivity contribution in [2.24, 2.45) is 0 Å². The zero-order chi connectivity index (χ0) is 12.7. The number of imidazole rings is 1. The highest BCUT2D eigenvalue weighted by atomic mass is 16.6. The van der Waals surface area contributed by atoms with Crippen molar-refractivity contribution in [3.63, 3.8) is 0 Å². The zero-order valence-electron chi connectivity index (χ0n) is 9.26. The van der Waals surface area contributed by atoms with Crippen LogP contribution in [0.25, 0.3) is 11.2 Å². The molecule has 3 heterocycles. The van der Waals surface area contributed by atoms with Crippen LogP contribution < -0.4 is 0 Å². The Balaban J connectivity index is 1.94. The van der Waals surface area contributed by atoms with Gasteiger partial charge in [0.1, 0.15) is 29.9 Å². The summed E-state index contributed by atoms with van der Waals surface area (Å²) in [6.07, 6.45) is -1.00. The van der Waals surface area contributed by atoms with Gasteiger partial charge in [-0.1, -0.05) is 0 Å². The van der Waals surface area contributed by atoms with Crippen LogP contribution in [0, 0.1) is 0 Å². The lowest BCUT2D eigenvalue weighted by Crippen LogP contribution is -2.32. The Morgan fingerprint density at radius 2 is 2.11 bits per heavy atom. The number of nitrogens with one attached hydrogen (secondary N) is 1. The van der Waals surface area contributed by atoms with E-state index in [0.29, 0.717) is 11.2 Å². The van der Waals surface area contributed by atoms with Gasteiger partial charge < -0.3 is 25.0 Å². The van der Waals surface area contributed by atoms with Gasteiger partial charge in [0.2, 0.25) is 0 Å². The van der Waals surface area contributed by atoms with Crippen LogP contribution in [0.4, 0.5) is 0 Å². The molecule has 0 radical (unpaired) electrons. The molecule has 0 aromatic carbocycles.